The van der Waals surface area contributed by atoms with E-state index in [0.717, 1.165) is 39.0 Å². The maximum atomic E-state index is 12.8. The van der Waals surface area contributed by atoms with Gasteiger partial charge in [0.15, 0.2) is 0 Å². The second kappa shape index (κ2) is 8.20. The van der Waals surface area contributed by atoms with Gasteiger partial charge in [-0.3, -0.25) is 19.6 Å². The Labute approximate surface area is 161 Å². The Bertz CT molecular complexity index is 899. The van der Waals surface area contributed by atoms with E-state index >= 15 is 0 Å². The van der Waals surface area contributed by atoms with Gasteiger partial charge in [-0.05, 0) is 43.8 Å². The van der Waals surface area contributed by atoms with Gasteiger partial charge in [-0.25, -0.2) is 9.78 Å². The van der Waals surface area contributed by atoms with E-state index in [2.05, 4.69) is 20.3 Å². The average Bonchev–Trinajstić information content (AvgIpc) is 2.92. The van der Waals surface area contributed by atoms with Crippen molar-refractivity contribution in [2.75, 3.05) is 26.2 Å². The first-order chi connectivity index (χ1) is 11.6. The third-order valence-corrected chi connectivity index (χ3v) is 5.14. The summed E-state index contributed by atoms with van der Waals surface area (Å²) < 4.78 is 0. The summed E-state index contributed by atoms with van der Waals surface area (Å²) in [5, 5.41) is 3.64. The smallest absolute Gasteiger partial charge is 0.327 e. The van der Waals surface area contributed by atoms with Crippen LogP contribution in [0.15, 0.2) is 21.9 Å². The molecule has 0 bridgehead atoms. The van der Waals surface area contributed by atoms with E-state index in [0.29, 0.717) is 17.4 Å². The molecule has 0 unspecified atom stereocenters. The fraction of sp³-hybridized carbons (Fsp3) is 0.500. The molecule has 0 aromatic carbocycles. The summed E-state index contributed by atoms with van der Waals surface area (Å²) in [5.74, 6) is 1.18. The molecule has 0 saturated carbocycles. The number of hydrogen-bond donors (Lipinski definition) is 3. The summed E-state index contributed by atoms with van der Waals surface area (Å²) in [7, 11) is 0. The number of likely N-dealkylation sites (tertiary alicyclic amines) is 1. The second-order valence-electron chi connectivity index (χ2n) is 6.58. The van der Waals surface area contributed by atoms with E-state index in [1.807, 2.05) is 4.90 Å². The number of hydrogen-bond acceptors (Lipinski definition) is 5. The van der Waals surface area contributed by atoms with Crippen LogP contribution in [-0.2, 0) is 0 Å². The summed E-state index contributed by atoms with van der Waals surface area (Å²) >= 11 is 0. The van der Waals surface area contributed by atoms with Crippen molar-refractivity contribution in [2.24, 2.45) is 11.8 Å². The van der Waals surface area contributed by atoms with Gasteiger partial charge < -0.3 is 10.2 Å². The van der Waals surface area contributed by atoms with Crippen molar-refractivity contribution in [2.45, 2.75) is 12.8 Å². The minimum absolute atomic E-state index is 0. The lowest BCUT2D eigenvalue weighted by molar-refractivity contribution is 0.0758. The van der Waals surface area contributed by atoms with E-state index in [9.17, 15) is 14.4 Å². The zero-order valence-corrected chi connectivity index (χ0v) is 15.6. The number of aromatic amines is 2. The van der Waals surface area contributed by atoms with Crippen LogP contribution < -0.4 is 16.6 Å². The van der Waals surface area contributed by atoms with Gasteiger partial charge in [-0.1, -0.05) is 0 Å². The molecule has 0 aliphatic carbocycles. The Kier molecular flexibility index (Phi) is 6.44. The van der Waals surface area contributed by atoms with Crippen molar-refractivity contribution in [1.82, 2.24) is 25.2 Å². The zero-order chi connectivity index (χ0) is 16.7. The van der Waals surface area contributed by atoms with Crippen LogP contribution in [0, 0.1) is 11.8 Å². The summed E-state index contributed by atoms with van der Waals surface area (Å²) in [5.41, 5.74) is -0.568. The van der Waals surface area contributed by atoms with Crippen LogP contribution in [-0.4, -0.2) is 51.9 Å². The number of nitrogens with zero attached hydrogens (tertiary/aromatic N) is 2. The first kappa shape index (κ1) is 20.4. The van der Waals surface area contributed by atoms with Crippen molar-refractivity contribution in [1.29, 1.82) is 0 Å². The number of fused-ring (bicyclic) bond motifs is 2. The normalized spacial score (nSPS) is 22.1. The summed E-state index contributed by atoms with van der Waals surface area (Å²) in [6.45, 7) is 3.52. The van der Waals surface area contributed by atoms with Crippen LogP contribution in [0.5, 0.6) is 0 Å². The van der Waals surface area contributed by atoms with Gasteiger partial charge in [0.1, 0.15) is 5.65 Å². The molecule has 2 aromatic heterocycles. The van der Waals surface area contributed by atoms with E-state index in [-0.39, 0.29) is 41.8 Å². The molecule has 2 fully saturated rings. The van der Waals surface area contributed by atoms with Gasteiger partial charge in [-0.2, -0.15) is 0 Å². The molecule has 10 heteroatoms. The van der Waals surface area contributed by atoms with Crippen LogP contribution in [0.3, 0.4) is 0 Å². The predicted molar refractivity (Wildman–Crippen MR) is 102 cm³/mol. The lowest BCUT2D eigenvalue weighted by atomic mass is 9.92. The highest BCUT2D eigenvalue weighted by Crippen LogP contribution is 2.27. The molecule has 2 aliphatic rings. The molecule has 1 amide bonds. The van der Waals surface area contributed by atoms with Crippen LogP contribution in [0.2, 0.25) is 0 Å². The maximum Gasteiger partial charge on any atom is 0.327 e. The molecule has 8 nitrogen and oxygen atoms in total. The standard InChI is InChI=1S/C16H19N5O3.2ClH/c22-14-12-5-11(8-18-13(12)19-16(24)20-14)15(23)21-3-1-9-6-17-7-10(9)2-4-21;;/h5,8-10,17H,1-4,6-7H2,(H2,18,19,20,22,24);2*1H/t9-,10+;;. The van der Waals surface area contributed by atoms with E-state index in [4.69, 9.17) is 0 Å². The topological polar surface area (TPSA) is 111 Å². The Morgan fingerprint density at radius 3 is 2.38 bits per heavy atom. The monoisotopic (exact) mass is 401 g/mol. The first-order valence-corrected chi connectivity index (χ1v) is 8.24. The minimum Gasteiger partial charge on any atom is -0.339 e. The molecule has 4 heterocycles. The molecular formula is C16H21Cl2N5O3. The number of carbonyl (C=O) groups is 1. The van der Waals surface area contributed by atoms with Gasteiger partial charge in [0.05, 0.1) is 10.9 Å². The second-order valence-corrected chi connectivity index (χ2v) is 6.58. The van der Waals surface area contributed by atoms with E-state index < -0.39 is 11.2 Å². The Morgan fingerprint density at radius 2 is 1.73 bits per heavy atom. The molecule has 0 spiro atoms. The number of H-pyrrole nitrogens is 2. The third-order valence-electron chi connectivity index (χ3n) is 5.14. The molecule has 2 aromatic rings. The Morgan fingerprint density at radius 1 is 1.08 bits per heavy atom. The Balaban J connectivity index is 0.00000121. The molecular weight excluding hydrogens is 381 g/mol. The fourth-order valence-corrected chi connectivity index (χ4v) is 3.77. The van der Waals surface area contributed by atoms with E-state index in [1.165, 1.54) is 12.3 Å². The number of carbonyl (C=O) groups excluding carboxylic acids is 1. The molecule has 2 atom stereocenters. The maximum absolute atomic E-state index is 12.8. The quantitative estimate of drug-likeness (QED) is 0.645. The first-order valence-electron chi connectivity index (χ1n) is 8.24. The lowest BCUT2D eigenvalue weighted by Gasteiger charge is -2.20. The minimum atomic E-state index is -0.605. The molecule has 2 saturated heterocycles. The molecule has 4 rings (SSSR count). The molecule has 142 valence electrons. The Hall–Kier alpha value is -1.90. The van der Waals surface area contributed by atoms with Crippen molar-refractivity contribution < 1.29 is 4.79 Å². The largest absolute Gasteiger partial charge is 0.339 e. The number of amides is 1. The van der Waals surface area contributed by atoms with Crippen LogP contribution in [0.1, 0.15) is 23.2 Å². The third kappa shape index (κ3) is 3.77. The van der Waals surface area contributed by atoms with Crippen LogP contribution in [0.25, 0.3) is 11.0 Å². The number of aromatic nitrogens is 3. The van der Waals surface area contributed by atoms with Gasteiger partial charge in [0.2, 0.25) is 0 Å². The predicted octanol–water partition coefficient (Wildman–Crippen LogP) is 0.527. The van der Waals surface area contributed by atoms with Gasteiger partial charge in [0.25, 0.3) is 11.5 Å². The molecule has 2 aliphatic heterocycles. The van der Waals surface area contributed by atoms with Crippen molar-refractivity contribution in [3.05, 3.63) is 38.7 Å². The van der Waals surface area contributed by atoms with Gasteiger partial charge in [0, 0.05) is 19.3 Å². The number of pyridine rings is 1. The molecule has 3 N–H and O–H groups in total. The van der Waals surface area contributed by atoms with Crippen molar-refractivity contribution in [3.63, 3.8) is 0 Å². The van der Waals surface area contributed by atoms with Gasteiger partial charge in [-0.15, -0.1) is 24.8 Å². The van der Waals surface area contributed by atoms with E-state index in [1.54, 1.807) is 0 Å². The van der Waals surface area contributed by atoms with Crippen molar-refractivity contribution >= 4 is 41.8 Å². The van der Waals surface area contributed by atoms with Gasteiger partial charge >= 0.3 is 5.69 Å². The number of nitrogens with one attached hydrogen (secondary N) is 3. The SMILES string of the molecule is Cl.Cl.O=C(c1cnc2[nH]c(=O)[nH]c(=O)c2c1)N1CC[C@@H]2CNC[C@@H]2CC1. The highest BCUT2D eigenvalue weighted by atomic mass is 35.5. The highest BCUT2D eigenvalue weighted by molar-refractivity contribution is 5.96. The molecule has 26 heavy (non-hydrogen) atoms. The summed E-state index contributed by atoms with van der Waals surface area (Å²) in [4.78, 5) is 46.5. The number of rotatable bonds is 1. The fourth-order valence-electron chi connectivity index (χ4n) is 3.77. The van der Waals surface area contributed by atoms with Crippen molar-refractivity contribution in [3.8, 4) is 0 Å². The zero-order valence-electron chi connectivity index (χ0n) is 14.0. The highest BCUT2D eigenvalue weighted by Gasteiger charge is 2.31. The van der Waals surface area contributed by atoms with Crippen LogP contribution >= 0.6 is 24.8 Å². The lowest BCUT2D eigenvalue weighted by Crippen LogP contribution is -2.33. The van der Waals surface area contributed by atoms with Crippen LogP contribution in [0.4, 0.5) is 0 Å². The average molecular weight is 402 g/mol. The number of halogens is 2. The summed E-state index contributed by atoms with van der Waals surface area (Å²) in [6, 6.07) is 1.51. The molecule has 0 radical (unpaired) electrons. The summed E-state index contributed by atoms with van der Waals surface area (Å²) in [6.07, 6.45) is 3.42.